The van der Waals surface area contributed by atoms with Crippen molar-refractivity contribution in [3.8, 4) is 0 Å². The molecule has 0 rings (SSSR count). The molecule has 0 aliphatic carbocycles. The molecule has 2 N–H and O–H groups in total. The molecule has 0 saturated heterocycles. The number of aliphatic hydroxyl groups is 1. The summed E-state index contributed by atoms with van der Waals surface area (Å²) in [4.78, 5) is 25.1. The first-order valence-electron chi connectivity index (χ1n) is 19.6. The van der Waals surface area contributed by atoms with Gasteiger partial charge in [-0.3, -0.25) is 9.36 Å². The van der Waals surface area contributed by atoms with Gasteiger partial charge in [-0.1, -0.05) is 130 Å². The van der Waals surface area contributed by atoms with Crippen LogP contribution in [0.4, 0.5) is 0 Å². The fraction of sp³-hybridized carbons (Fsp3) is 0.605. The van der Waals surface area contributed by atoms with E-state index >= 15 is 0 Å². The van der Waals surface area contributed by atoms with Gasteiger partial charge in [0.15, 0.2) is 0 Å². The molecule has 0 aromatic heterocycles. The summed E-state index contributed by atoms with van der Waals surface area (Å²) in [7, 11) is 1.20. The Hall–Kier alpha value is -2.58. The van der Waals surface area contributed by atoms with Gasteiger partial charge in [0.05, 0.1) is 39.9 Å². The zero-order valence-electron chi connectivity index (χ0n) is 33.2. The first-order valence-corrected chi connectivity index (χ1v) is 21.1. The fourth-order valence-corrected chi connectivity index (χ4v) is 5.37. The van der Waals surface area contributed by atoms with Crippen molar-refractivity contribution in [2.75, 3.05) is 40.9 Å². The normalized spacial score (nSPS) is 15.6. The maximum absolute atomic E-state index is 12.7. The highest BCUT2D eigenvalue weighted by Crippen LogP contribution is 2.38. The number of phosphoric ester groups is 1. The van der Waals surface area contributed by atoms with Crippen LogP contribution in [0.3, 0.4) is 0 Å². The molecule has 0 aliphatic rings. The van der Waals surface area contributed by atoms with E-state index in [0.29, 0.717) is 23.9 Å². The van der Waals surface area contributed by atoms with Gasteiger partial charge in [0.25, 0.3) is 7.82 Å². The first kappa shape index (κ1) is 49.4. The van der Waals surface area contributed by atoms with Crippen LogP contribution < -0.4 is 10.2 Å². The van der Waals surface area contributed by atoms with E-state index in [0.717, 1.165) is 89.9 Å². The van der Waals surface area contributed by atoms with Crippen molar-refractivity contribution in [1.82, 2.24) is 5.32 Å². The van der Waals surface area contributed by atoms with Gasteiger partial charge in [-0.25, -0.2) is 0 Å². The minimum Gasteiger partial charge on any atom is -0.756 e. The van der Waals surface area contributed by atoms with Crippen LogP contribution in [0.15, 0.2) is 97.2 Å². The molecule has 0 heterocycles. The molecule has 0 saturated carbocycles. The fourth-order valence-electron chi connectivity index (χ4n) is 4.65. The molecule has 0 aromatic carbocycles. The third-order valence-electron chi connectivity index (χ3n) is 7.76. The highest BCUT2D eigenvalue weighted by Gasteiger charge is 2.23. The molecule has 0 fully saturated rings. The summed E-state index contributed by atoms with van der Waals surface area (Å²) < 4.78 is 23.0. The molecule has 1 amide bonds. The maximum atomic E-state index is 12.7. The van der Waals surface area contributed by atoms with E-state index in [4.69, 9.17) is 9.05 Å². The molecule has 0 aliphatic heterocycles. The molecular formula is C43H73N2O6P. The van der Waals surface area contributed by atoms with Gasteiger partial charge < -0.3 is 28.8 Å². The summed E-state index contributed by atoms with van der Waals surface area (Å²) >= 11 is 0. The Morgan fingerprint density at radius 1 is 0.692 bits per heavy atom. The minimum atomic E-state index is -4.60. The minimum absolute atomic E-state index is 0.0185. The van der Waals surface area contributed by atoms with Crippen molar-refractivity contribution in [3.05, 3.63) is 97.2 Å². The largest absolute Gasteiger partial charge is 0.756 e. The third kappa shape index (κ3) is 35.8. The molecule has 3 atom stereocenters. The van der Waals surface area contributed by atoms with E-state index in [1.165, 1.54) is 0 Å². The number of quaternary nitrogens is 1. The predicted molar refractivity (Wildman–Crippen MR) is 219 cm³/mol. The predicted octanol–water partition coefficient (Wildman–Crippen LogP) is 9.77. The lowest BCUT2D eigenvalue weighted by Crippen LogP contribution is -2.45. The Labute approximate surface area is 318 Å². The maximum Gasteiger partial charge on any atom is 0.268 e. The van der Waals surface area contributed by atoms with Gasteiger partial charge in [0.1, 0.15) is 13.2 Å². The average molecular weight is 745 g/mol. The number of likely N-dealkylation sites (N-methyl/N-ethyl adjacent to an activating group) is 1. The van der Waals surface area contributed by atoms with Crippen LogP contribution in [0, 0.1) is 0 Å². The summed E-state index contributed by atoms with van der Waals surface area (Å²) in [6.45, 7) is 4.33. The number of unbranched alkanes of at least 4 members (excludes halogenated alkanes) is 6. The number of hydrogen-bond donors (Lipinski definition) is 2. The highest BCUT2D eigenvalue weighted by atomic mass is 31.2. The standard InChI is InChI=1S/C43H73N2O6P/c1-6-8-10-12-14-15-16-17-18-19-20-21-22-23-24-25-26-27-28-29-31-33-35-37-43(47)44-41(42(46)36-34-32-30-13-11-9-7-2)40-51-52(48,49)50-39-38-45(3,4)5/h8,10-11,13-15,17-18,20-21,23-24,26-27,34,36,41-42,46H,6-7,9,12,16,19,22,25,28-33,35,37-40H2,1-5H3,(H-,44,47,48,49)/b10-8-,13-11+,15-14-,18-17-,21-20-,24-23-,27-26-,36-34+. The van der Waals surface area contributed by atoms with E-state index in [2.05, 4.69) is 104 Å². The third-order valence-corrected chi connectivity index (χ3v) is 8.72. The molecule has 296 valence electrons. The molecule has 0 bridgehead atoms. The topological polar surface area (TPSA) is 108 Å². The van der Waals surface area contributed by atoms with Crippen molar-refractivity contribution in [3.63, 3.8) is 0 Å². The van der Waals surface area contributed by atoms with Crippen molar-refractivity contribution >= 4 is 13.7 Å². The molecule has 8 nitrogen and oxygen atoms in total. The Kier molecular flexibility index (Phi) is 32.5. The zero-order chi connectivity index (χ0) is 38.6. The number of allylic oxidation sites excluding steroid dienone is 15. The lowest BCUT2D eigenvalue weighted by molar-refractivity contribution is -0.870. The molecular weight excluding hydrogens is 671 g/mol. The van der Waals surface area contributed by atoms with Crippen LogP contribution in [-0.4, -0.2) is 68.5 Å². The SMILES string of the molecule is CC/C=C\C/C=C\C/C=C\C/C=C\C/C=C\C/C=C\CCCCCCC(=O)NC(COP(=O)([O-])OCC[N+](C)(C)C)C(O)/C=C/CC/C=C/CCC. The van der Waals surface area contributed by atoms with Gasteiger partial charge in [0.2, 0.25) is 5.91 Å². The zero-order valence-corrected chi connectivity index (χ0v) is 34.1. The van der Waals surface area contributed by atoms with E-state index in [9.17, 15) is 19.4 Å². The molecule has 0 aromatic rings. The number of nitrogens with zero attached hydrogens (tertiary/aromatic N) is 1. The molecule has 9 heteroatoms. The van der Waals surface area contributed by atoms with E-state index < -0.39 is 26.6 Å². The van der Waals surface area contributed by atoms with Crippen LogP contribution in [0.2, 0.25) is 0 Å². The van der Waals surface area contributed by atoms with Crippen LogP contribution in [0.5, 0.6) is 0 Å². The van der Waals surface area contributed by atoms with E-state index in [-0.39, 0.29) is 12.5 Å². The van der Waals surface area contributed by atoms with Gasteiger partial charge in [-0.05, 0) is 77.0 Å². The van der Waals surface area contributed by atoms with Crippen molar-refractivity contribution in [2.24, 2.45) is 0 Å². The van der Waals surface area contributed by atoms with E-state index in [1.807, 2.05) is 27.2 Å². The molecule has 0 radical (unpaired) electrons. The Bertz CT molecular complexity index is 1160. The number of carbonyl (C=O) groups is 1. The Morgan fingerprint density at radius 3 is 1.75 bits per heavy atom. The van der Waals surface area contributed by atoms with Gasteiger partial charge >= 0.3 is 0 Å². The lowest BCUT2D eigenvalue weighted by Gasteiger charge is -2.29. The quantitative estimate of drug-likeness (QED) is 0.0300. The van der Waals surface area contributed by atoms with E-state index in [1.54, 1.807) is 6.08 Å². The monoisotopic (exact) mass is 745 g/mol. The van der Waals surface area contributed by atoms with Crippen LogP contribution in [-0.2, 0) is 18.4 Å². The van der Waals surface area contributed by atoms with Crippen LogP contribution >= 0.6 is 7.82 Å². The summed E-state index contributed by atoms with van der Waals surface area (Å²) in [5, 5.41) is 13.6. The van der Waals surface area contributed by atoms with Gasteiger partial charge in [-0.2, -0.15) is 0 Å². The van der Waals surface area contributed by atoms with Crippen molar-refractivity contribution in [2.45, 2.75) is 129 Å². The number of aliphatic hydroxyl groups excluding tert-OH is 1. The smallest absolute Gasteiger partial charge is 0.268 e. The van der Waals surface area contributed by atoms with Crippen LogP contribution in [0.25, 0.3) is 0 Å². The number of hydrogen-bond acceptors (Lipinski definition) is 6. The number of carbonyl (C=O) groups excluding carboxylic acids is 1. The Balaban J connectivity index is 4.39. The molecule has 52 heavy (non-hydrogen) atoms. The first-order chi connectivity index (χ1) is 25.0. The second kappa shape index (κ2) is 34.2. The second-order valence-corrected chi connectivity index (χ2v) is 15.3. The van der Waals surface area contributed by atoms with Crippen molar-refractivity contribution in [1.29, 1.82) is 0 Å². The lowest BCUT2D eigenvalue weighted by atomic mass is 10.1. The number of phosphoric acid groups is 1. The number of nitrogens with one attached hydrogen (secondary N) is 1. The highest BCUT2D eigenvalue weighted by molar-refractivity contribution is 7.45. The van der Waals surface area contributed by atoms with Crippen LogP contribution in [0.1, 0.15) is 117 Å². The molecule has 0 spiro atoms. The van der Waals surface area contributed by atoms with Gasteiger partial charge in [0, 0.05) is 6.42 Å². The van der Waals surface area contributed by atoms with Crippen molar-refractivity contribution < 1.29 is 32.9 Å². The summed E-state index contributed by atoms with van der Waals surface area (Å²) in [6.07, 6.45) is 47.7. The number of amides is 1. The number of rotatable bonds is 33. The second-order valence-electron chi connectivity index (χ2n) is 13.9. The summed E-state index contributed by atoms with van der Waals surface area (Å²) in [5.41, 5.74) is 0. The Morgan fingerprint density at radius 2 is 1.19 bits per heavy atom. The molecule has 3 unspecified atom stereocenters. The average Bonchev–Trinajstić information content (AvgIpc) is 3.09. The van der Waals surface area contributed by atoms with Gasteiger partial charge in [-0.15, -0.1) is 0 Å². The summed E-state index contributed by atoms with van der Waals surface area (Å²) in [6, 6.07) is -0.920. The summed E-state index contributed by atoms with van der Waals surface area (Å²) in [5.74, 6) is -0.243.